The molecule has 148 valence electrons. The molecule has 0 spiro atoms. The van der Waals surface area contributed by atoms with Gasteiger partial charge in [-0.1, -0.05) is 31.2 Å². The number of hydrogen-bond donors (Lipinski definition) is 4. The zero-order chi connectivity index (χ0) is 20.1. The minimum atomic E-state index is -0.370. The molecule has 10 nitrogen and oxygen atoms in total. The van der Waals surface area contributed by atoms with E-state index in [2.05, 4.69) is 36.0 Å². The maximum atomic E-state index is 11.1. The predicted octanol–water partition coefficient (Wildman–Crippen LogP) is 1.71. The molecule has 0 radical (unpaired) electrons. The van der Waals surface area contributed by atoms with Crippen LogP contribution in [0.5, 0.6) is 5.75 Å². The van der Waals surface area contributed by atoms with Gasteiger partial charge in [-0.25, -0.2) is 0 Å². The van der Waals surface area contributed by atoms with Gasteiger partial charge in [-0.2, -0.15) is 9.97 Å². The average Bonchev–Trinajstić information content (AvgIpc) is 3.12. The second-order valence-corrected chi connectivity index (χ2v) is 6.68. The standard InChI is InChI=1S/C18H23N7O3/c1-10(2)14(9-26)20-18-21-16(15-17(22-18)24-25-23-15)19-8-12-5-4-6-13(7-12)28-11(3)27/h4-7,10,14,26H,8-9H2,1-3H3,(H3,19,20,21,22,23,24,25)/t14-/m0/s1. The van der Waals surface area contributed by atoms with E-state index < -0.39 is 0 Å². The van der Waals surface area contributed by atoms with Crippen LogP contribution in [0.15, 0.2) is 24.3 Å². The molecule has 28 heavy (non-hydrogen) atoms. The van der Waals surface area contributed by atoms with Gasteiger partial charge < -0.3 is 20.5 Å². The van der Waals surface area contributed by atoms with E-state index in [1.54, 1.807) is 12.1 Å². The fourth-order valence-electron chi connectivity index (χ4n) is 2.60. The molecule has 0 aliphatic rings. The summed E-state index contributed by atoms with van der Waals surface area (Å²) in [5, 5.41) is 26.4. The van der Waals surface area contributed by atoms with E-state index in [1.807, 2.05) is 26.0 Å². The van der Waals surface area contributed by atoms with Gasteiger partial charge >= 0.3 is 5.97 Å². The summed E-state index contributed by atoms with van der Waals surface area (Å²) in [6.45, 7) is 5.76. The number of fused-ring (bicyclic) bond motifs is 1. The topological polar surface area (TPSA) is 138 Å². The Bertz CT molecular complexity index is 957. The average molecular weight is 385 g/mol. The Morgan fingerprint density at radius 1 is 1.32 bits per heavy atom. The van der Waals surface area contributed by atoms with Crippen molar-refractivity contribution in [3.05, 3.63) is 29.8 Å². The molecule has 0 aliphatic carbocycles. The van der Waals surface area contributed by atoms with Crippen molar-refractivity contribution in [1.82, 2.24) is 25.4 Å². The molecule has 0 bridgehead atoms. The lowest BCUT2D eigenvalue weighted by molar-refractivity contribution is -0.131. The Hall–Kier alpha value is -3.27. The van der Waals surface area contributed by atoms with E-state index in [0.29, 0.717) is 35.2 Å². The summed E-state index contributed by atoms with van der Waals surface area (Å²) in [6.07, 6.45) is 0. The highest BCUT2D eigenvalue weighted by atomic mass is 16.5. The van der Waals surface area contributed by atoms with Crippen molar-refractivity contribution in [2.75, 3.05) is 17.2 Å². The summed E-state index contributed by atoms with van der Waals surface area (Å²) in [4.78, 5) is 19.9. The number of ether oxygens (including phenoxy) is 1. The first-order chi connectivity index (χ1) is 13.5. The van der Waals surface area contributed by atoms with Crippen LogP contribution in [0.3, 0.4) is 0 Å². The fraction of sp³-hybridized carbons (Fsp3) is 0.389. The molecule has 2 aromatic heterocycles. The molecule has 4 N–H and O–H groups in total. The lowest BCUT2D eigenvalue weighted by Gasteiger charge is -2.20. The van der Waals surface area contributed by atoms with Gasteiger partial charge in [0, 0.05) is 13.5 Å². The lowest BCUT2D eigenvalue weighted by Crippen LogP contribution is -2.30. The van der Waals surface area contributed by atoms with Gasteiger partial charge in [0.15, 0.2) is 5.82 Å². The summed E-state index contributed by atoms with van der Waals surface area (Å²) < 4.78 is 5.11. The Labute approximate surface area is 161 Å². The molecule has 0 aliphatic heterocycles. The molecule has 0 unspecified atom stereocenters. The molecule has 3 aromatic rings. The maximum absolute atomic E-state index is 11.1. The summed E-state index contributed by atoms with van der Waals surface area (Å²) >= 11 is 0. The number of H-pyrrole nitrogens is 1. The number of aliphatic hydroxyl groups excluding tert-OH is 1. The van der Waals surface area contributed by atoms with E-state index in [9.17, 15) is 9.90 Å². The van der Waals surface area contributed by atoms with Crippen LogP contribution < -0.4 is 15.4 Å². The van der Waals surface area contributed by atoms with E-state index in [-0.39, 0.29) is 24.5 Å². The van der Waals surface area contributed by atoms with Crippen molar-refractivity contribution in [2.45, 2.75) is 33.4 Å². The van der Waals surface area contributed by atoms with Gasteiger partial charge in [0.25, 0.3) is 0 Å². The van der Waals surface area contributed by atoms with Crippen LogP contribution in [0.4, 0.5) is 11.8 Å². The third kappa shape index (κ3) is 4.71. The Morgan fingerprint density at radius 2 is 2.14 bits per heavy atom. The Balaban J connectivity index is 1.80. The number of aliphatic hydroxyl groups is 1. The van der Waals surface area contributed by atoms with Gasteiger partial charge in [0.2, 0.25) is 11.6 Å². The number of carbonyl (C=O) groups excluding carboxylic acids is 1. The van der Waals surface area contributed by atoms with Crippen LogP contribution in [0.2, 0.25) is 0 Å². The highest BCUT2D eigenvalue weighted by molar-refractivity contribution is 5.83. The lowest BCUT2D eigenvalue weighted by atomic mass is 10.1. The Kier molecular flexibility index (Phi) is 5.99. The number of aromatic amines is 1. The maximum Gasteiger partial charge on any atom is 0.308 e. The van der Waals surface area contributed by atoms with Gasteiger partial charge in [0.1, 0.15) is 11.3 Å². The third-order valence-corrected chi connectivity index (χ3v) is 4.13. The van der Waals surface area contributed by atoms with Crippen LogP contribution in [0, 0.1) is 5.92 Å². The van der Waals surface area contributed by atoms with Crippen molar-refractivity contribution in [1.29, 1.82) is 0 Å². The number of carbonyl (C=O) groups is 1. The minimum absolute atomic E-state index is 0.0381. The predicted molar refractivity (Wildman–Crippen MR) is 104 cm³/mol. The van der Waals surface area contributed by atoms with E-state index >= 15 is 0 Å². The summed E-state index contributed by atoms with van der Waals surface area (Å²) in [5.74, 6) is 1.18. The molecule has 0 amide bonds. The first-order valence-electron chi connectivity index (χ1n) is 8.93. The minimum Gasteiger partial charge on any atom is -0.427 e. The first-order valence-corrected chi connectivity index (χ1v) is 8.93. The zero-order valence-electron chi connectivity index (χ0n) is 15.9. The third-order valence-electron chi connectivity index (χ3n) is 4.13. The number of nitrogens with zero attached hydrogens (tertiary/aromatic N) is 4. The van der Waals surface area contributed by atoms with Crippen LogP contribution >= 0.6 is 0 Å². The first kappa shape index (κ1) is 19.5. The van der Waals surface area contributed by atoms with Gasteiger partial charge in [0.05, 0.1) is 12.6 Å². The van der Waals surface area contributed by atoms with Gasteiger partial charge in [-0.05, 0) is 23.6 Å². The summed E-state index contributed by atoms with van der Waals surface area (Å²) in [6, 6.07) is 7.03. The van der Waals surface area contributed by atoms with Gasteiger partial charge in [-0.3, -0.25) is 9.89 Å². The largest absolute Gasteiger partial charge is 0.427 e. The Morgan fingerprint density at radius 3 is 2.86 bits per heavy atom. The molecule has 0 saturated carbocycles. The van der Waals surface area contributed by atoms with Crippen molar-refractivity contribution in [3.8, 4) is 5.75 Å². The summed E-state index contributed by atoms with van der Waals surface area (Å²) in [5.41, 5.74) is 1.89. The van der Waals surface area contributed by atoms with Crippen molar-refractivity contribution in [3.63, 3.8) is 0 Å². The van der Waals surface area contributed by atoms with E-state index in [1.165, 1.54) is 6.92 Å². The van der Waals surface area contributed by atoms with Gasteiger partial charge in [-0.15, -0.1) is 5.10 Å². The van der Waals surface area contributed by atoms with E-state index in [0.717, 1.165) is 5.56 Å². The summed E-state index contributed by atoms with van der Waals surface area (Å²) in [7, 11) is 0. The molecule has 1 atom stereocenters. The molecular weight excluding hydrogens is 362 g/mol. The van der Waals surface area contributed by atoms with Crippen LogP contribution in [-0.2, 0) is 11.3 Å². The number of nitrogens with one attached hydrogen (secondary N) is 3. The molecular formula is C18H23N7O3. The molecule has 0 fully saturated rings. The van der Waals surface area contributed by atoms with E-state index in [4.69, 9.17) is 4.74 Å². The number of rotatable bonds is 8. The SMILES string of the molecule is CC(=O)Oc1cccc(CNc2nc(N[C@@H](CO)C(C)C)nc3nn[nH]c23)c1. The smallest absolute Gasteiger partial charge is 0.308 e. The highest BCUT2D eigenvalue weighted by Gasteiger charge is 2.16. The number of esters is 1. The van der Waals surface area contributed by atoms with Crippen molar-refractivity contribution < 1.29 is 14.6 Å². The molecule has 1 aromatic carbocycles. The zero-order valence-corrected chi connectivity index (χ0v) is 15.9. The molecule has 3 rings (SSSR count). The molecule has 2 heterocycles. The molecule has 10 heteroatoms. The number of aromatic nitrogens is 5. The highest BCUT2D eigenvalue weighted by Crippen LogP contribution is 2.21. The number of benzene rings is 1. The van der Waals surface area contributed by atoms with Crippen LogP contribution in [0.25, 0.3) is 11.2 Å². The monoisotopic (exact) mass is 385 g/mol. The fourth-order valence-corrected chi connectivity index (χ4v) is 2.60. The molecule has 0 saturated heterocycles. The van der Waals surface area contributed by atoms with Crippen molar-refractivity contribution >= 4 is 28.9 Å². The van der Waals surface area contributed by atoms with Crippen LogP contribution in [-0.4, -0.2) is 49.1 Å². The number of hydrogen-bond acceptors (Lipinski definition) is 9. The quantitative estimate of drug-likeness (QED) is 0.337. The number of anilines is 2. The second kappa shape index (κ2) is 8.61. The van der Waals surface area contributed by atoms with Crippen molar-refractivity contribution in [2.24, 2.45) is 5.92 Å². The second-order valence-electron chi connectivity index (χ2n) is 6.68. The van der Waals surface area contributed by atoms with Crippen LogP contribution in [0.1, 0.15) is 26.3 Å². The normalized spacial score (nSPS) is 12.2.